The Balaban J connectivity index is 4.88. The summed E-state index contributed by atoms with van der Waals surface area (Å²) in [5.74, 6) is -0.559. The number of carbonyl (C=O) groups excluding carboxylic acids is 3. The van der Waals surface area contributed by atoms with E-state index in [0.717, 1.165) is 5.32 Å². The van der Waals surface area contributed by atoms with Gasteiger partial charge in [-0.25, -0.2) is 0 Å². The first-order valence-corrected chi connectivity index (χ1v) is 12.8. The maximum absolute atomic E-state index is 12.6. The summed E-state index contributed by atoms with van der Waals surface area (Å²) >= 11 is 0.296. The van der Waals surface area contributed by atoms with Crippen LogP contribution >= 0.6 is 0 Å². The Morgan fingerprint density at radius 1 is 1.07 bits per heavy atom. The Morgan fingerprint density at radius 3 is 2.17 bits per heavy atom. The molecule has 6 N–H and O–H groups in total. The molecule has 0 saturated heterocycles. The molecule has 4 atom stereocenters. The number of amides is 3. The summed E-state index contributed by atoms with van der Waals surface area (Å²) in [5, 5.41) is 17.7. The van der Waals surface area contributed by atoms with Crippen LogP contribution in [0.4, 0.5) is 0 Å². The van der Waals surface area contributed by atoms with Gasteiger partial charge in [0.25, 0.3) is 0 Å². The number of carboxylic acid groups (broad SMARTS) is 1. The predicted molar refractivity (Wildman–Crippen MR) is 112 cm³/mol. The van der Waals surface area contributed by atoms with E-state index in [1.54, 1.807) is 6.92 Å². The van der Waals surface area contributed by atoms with E-state index in [-0.39, 0.29) is 18.4 Å². The van der Waals surface area contributed by atoms with Crippen LogP contribution in [0.3, 0.4) is 0 Å². The zero-order chi connectivity index (χ0) is 22.6. The summed E-state index contributed by atoms with van der Waals surface area (Å²) < 4.78 is 0. The van der Waals surface area contributed by atoms with Gasteiger partial charge in [0.1, 0.15) is 0 Å². The average Bonchev–Trinajstić information content (AvgIpc) is 2.65. The van der Waals surface area contributed by atoms with Crippen molar-refractivity contribution in [2.24, 2.45) is 17.6 Å². The van der Waals surface area contributed by atoms with Crippen molar-refractivity contribution in [1.82, 2.24) is 16.0 Å². The predicted octanol–water partition coefficient (Wildman–Crippen LogP) is 0.137. The molecule has 10 heteroatoms. The van der Waals surface area contributed by atoms with Gasteiger partial charge >= 0.3 is 179 Å². The topological polar surface area (TPSA) is 151 Å². The standard InChI is InChI=1S/C19H36N4O5Se/c1-6-12(4)16(19(27)28)23-18(26)14(7-8-29-5)22-15(24)10-21-17(25)13(20)9-11(2)3/h11-14,16H,6-10,20H2,1-5H3,(H,21,25)(H,22,24)(H,23,26)(H,27,28)/t12-,13-,14-,16-/m0/s1. The second-order valence-corrected chi connectivity index (χ2v) is 9.63. The molecule has 0 aliphatic heterocycles. The molecule has 0 aromatic carbocycles. The molecule has 3 amide bonds. The van der Waals surface area contributed by atoms with E-state index in [4.69, 9.17) is 5.73 Å². The van der Waals surface area contributed by atoms with Crippen molar-refractivity contribution in [2.45, 2.75) is 76.2 Å². The zero-order valence-corrected chi connectivity index (χ0v) is 19.7. The van der Waals surface area contributed by atoms with E-state index in [1.807, 2.05) is 26.6 Å². The van der Waals surface area contributed by atoms with Gasteiger partial charge in [-0.2, -0.15) is 0 Å². The van der Waals surface area contributed by atoms with Gasteiger partial charge in [-0.15, -0.1) is 0 Å². The Bertz CT molecular complexity index is 559. The van der Waals surface area contributed by atoms with Gasteiger partial charge in [0.2, 0.25) is 0 Å². The number of hydrogen-bond donors (Lipinski definition) is 5. The number of aliphatic carboxylic acids is 1. The number of nitrogens with one attached hydrogen (secondary N) is 3. The van der Waals surface area contributed by atoms with Gasteiger partial charge in [0, 0.05) is 0 Å². The normalized spacial score (nSPS) is 15.1. The van der Waals surface area contributed by atoms with Gasteiger partial charge in [-0.05, 0) is 0 Å². The molecule has 0 radical (unpaired) electrons. The molecular formula is C19H36N4O5Se. The number of rotatable bonds is 14. The second kappa shape index (κ2) is 14.4. The van der Waals surface area contributed by atoms with Crippen molar-refractivity contribution in [3.05, 3.63) is 0 Å². The quantitative estimate of drug-likeness (QED) is 0.224. The van der Waals surface area contributed by atoms with Crippen LogP contribution in [0.1, 0.15) is 47.0 Å². The molecular weight excluding hydrogens is 443 g/mol. The van der Waals surface area contributed by atoms with E-state index >= 15 is 0 Å². The van der Waals surface area contributed by atoms with Crippen LogP contribution in [0.15, 0.2) is 0 Å². The first kappa shape index (κ1) is 27.4. The van der Waals surface area contributed by atoms with Crippen LogP contribution in [-0.4, -0.2) is 68.4 Å². The first-order valence-electron chi connectivity index (χ1n) is 9.88. The Kier molecular flexibility index (Phi) is 13.5. The van der Waals surface area contributed by atoms with Crippen LogP contribution in [0.5, 0.6) is 0 Å². The first-order chi connectivity index (χ1) is 13.5. The van der Waals surface area contributed by atoms with Crippen molar-refractivity contribution >= 4 is 38.6 Å². The summed E-state index contributed by atoms with van der Waals surface area (Å²) in [7, 11) is 0. The van der Waals surface area contributed by atoms with Gasteiger partial charge in [-0.1, -0.05) is 0 Å². The van der Waals surface area contributed by atoms with E-state index in [9.17, 15) is 24.3 Å². The second-order valence-electron chi connectivity index (χ2n) is 7.57. The molecule has 0 aromatic rings. The molecule has 168 valence electrons. The molecule has 0 unspecified atom stereocenters. The molecule has 0 aromatic heterocycles. The Hall–Kier alpha value is -1.64. The minimum absolute atomic E-state index is 0.245. The molecule has 9 nitrogen and oxygen atoms in total. The third kappa shape index (κ3) is 11.2. The molecule has 0 fully saturated rings. The average molecular weight is 479 g/mol. The number of carbonyl (C=O) groups is 4. The molecule has 0 heterocycles. The Labute approximate surface area is 179 Å². The molecule has 0 spiro atoms. The van der Waals surface area contributed by atoms with Crippen molar-refractivity contribution < 1.29 is 24.3 Å². The fraction of sp³-hybridized carbons (Fsp3) is 0.789. The van der Waals surface area contributed by atoms with E-state index in [2.05, 4.69) is 16.0 Å². The van der Waals surface area contributed by atoms with E-state index < -0.39 is 41.8 Å². The Morgan fingerprint density at radius 2 is 1.69 bits per heavy atom. The molecule has 0 aliphatic carbocycles. The summed E-state index contributed by atoms with van der Waals surface area (Å²) in [5.41, 5.74) is 5.78. The molecule has 0 aliphatic rings. The number of carboxylic acids is 1. The third-order valence-electron chi connectivity index (χ3n) is 4.52. The molecule has 0 saturated carbocycles. The van der Waals surface area contributed by atoms with Crippen LogP contribution in [-0.2, 0) is 19.2 Å². The molecule has 0 rings (SSSR count). The van der Waals surface area contributed by atoms with Crippen LogP contribution < -0.4 is 21.7 Å². The van der Waals surface area contributed by atoms with Gasteiger partial charge < -0.3 is 0 Å². The molecule has 0 bridgehead atoms. The van der Waals surface area contributed by atoms with Crippen LogP contribution in [0.2, 0.25) is 11.1 Å². The fourth-order valence-electron chi connectivity index (χ4n) is 2.60. The maximum atomic E-state index is 12.6. The van der Waals surface area contributed by atoms with Gasteiger partial charge in [-0.3, -0.25) is 0 Å². The van der Waals surface area contributed by atoms with Crippen LogP contribution in [0.25, 0.3) is 0 Å². The fourth-order valence-corrected chi connectivity index (χ4v) is 3.59. The van der Waals surface area contributed by atoms with Crippen molar-refractivity contribution in [2.75, 3.05) is 6.54 Å². The van der Waals surface area contributed by atoms with Crippen molar-refractivity contribution in [3.8, 4) is 0 Å². The zero-order valence-electron chi connectivity index (χ0n) is 18.0. The summed E-state index contributed by atoms with van der Waals surface area (Å²) in [6.07, 6.45) is 1.50. The minimum atomic E-state index is -1.11. The van der Waals surface area contributed by atoms with Gasteiger partial charge in [0.05, 0.1) is 0 Å². The van der Waals surface area contributed by atoms with Crippen molar-refractivity contribution in [1.29, 1.82) is 0 Å². The summed E-state index contributed by atoms with van der Waals surface area (Å²) in [6, 6.07) is -2.57. The van der Waals surface area contributed by atoms with Gasteiger partial charge in [0.15, 0.2) is 0 Å². The van der Waals surface area contributed by atoms with Crippen LogP contribution in [0, 0.1) is 11.8 Å². The van der Waals surface area contributed by atoms with E-state index in [0.29, 0.717) is 34.2 Å². The third-order valence-corrected chi connectivity index (χ3v) is 5.88. The van der Waals surface area contributed by atoms with Crippen molar-refractivity contribution in [3.63, 3.8) is 0 Å². The molecule has 29 heavy (non-hydrogen) atoms. The SMILES string of the molecule is CC[C@H](C)[C@H](NC(=O)[C@H](CC[Se]C)NC(=O)CNC(=O)[C@@H](N)CC(C)C)C(=O)O. The van der Waals surface area contributed by atoms with E-state index in [1.165, 1.54) is 0 Å². The summed E-state index contributed by atoms with van der Waals surface area (Å²) in [6.45, 7) is 7.19. The summed E-state index contributed by atoms with van der Waals surface area (Å²) in [4.78, 5) is 48.2. The number of nitrogens with two attached hydrogens (primary N) is 1. The monoisotopic (exact) mass is 480 g/mol. The number of hydrogen-bond acceptors (Lipinski definition) is 5.